The Morgan fingerprint density at radius 1 is 1.54 bits per heavy atom. The molecule has 0 bridgehead atoms. The summed E-state index contributed by atoms with van der Waals surface area (Å²) in [6.45, 7) is 2.36. The third-order valence-corrected chi connectivity index (χ3v) is 2.35. The van der Waals surface area contributed by atoms with Crippen molar-refractivity contribution in [3.8, 4) is 0 Å². The van der Waals surface area contributed by atoms with Crippen LogP contribution in [-0.2, 0) is 0 Å². The van der Waals surface area contributed by atoms with E-state index in [1.807, 2.05) is 19.1 Å². The SMILES string of the molecule is Cc1cc(F)c(Br)cc1/C=C/CN. The Bertz CT molecular complexity index is 334. The molecule has 0 heterocycles. The van der Waals surface area contributed by atoms with Crippen LogP contribution in [0.25, 0.3) is 6.08 Å². The summed E-state index contributed by atoms with van der Waals surface area (Å²) in [6, 6.07) is 3.25. The van der Waals surface area contributed by atoms with Crippen molar-refractivity contribution in [3.05, 3.63) is 39.6 Å². The molecule has 13 heavy (non-hydrogen) atoms. The van der Waals surface area contributed by atoms with E-state index in [4.69, 9.17) is 5.73 Å². The maximum atomic E-state index is 13.0. The molecule has 0 spiro atoms. The molecule has 0 aliphatic carbocycles. The predicted molar refractivity (Wildman–Crippen MR) is 56.9 cm³/mol. The van der Waals surface area contributed by atoms with Gasteiger partial charge in [-0.1, -0.05) is 12.2 Å². The molecule has 0 fully saturated rings. The van der Waals surface area contributed by atoms with Gasteiger partial charge in [-0.2, -0.15) is 0 Å². The molecule has 0 saturated heterocycles. The van der Waals surface area contributed by atoms with Crippen molar-refractivity contribution in [1.29, 1.82) is 0 Å². The lowest BCUT2D eigenvalue weighted by Crippen LogP contribution is -1.92. The average Bonchev–Trinajstić information content (AvgIpc) is 2.09. The monoisotopic (exact) mass is 243 g/mol. The van der Waals surface area contributed by atoms with Gasteiger partial charge in [0, 0.05) is 6.54 Å². The van der Waals surface area contributed by atoms with Gasteiger partial charge in [-0.3, -0.25) is 0 Å². The first-order chi connectivity index (χ1) is 6.15. The lowest BCUT2D eigenvalue weighted by atomic mass is 10.1. The predicted octanol–water partition coefficient (Wildman–Crippen LogP) is 2.87. The van der Waals surface area contributed by atoms with Gasteiger partial charge in [0.25, 0.3) is 0 Å². The van der Waals surface area contributed by atoms with E-state index < -0.39 is 0 Å². The number of aryl methyl sites for hydroxylation is 1. The average molecular weight is 244 g/mol. The summed E-state index contributed by atoms with van der Waals surface area (Å²) >= 11 is 3.13. The van der Waals surface area contributed by atoms with E-state index in [2.05, 4.69) is 15.9 Å². The van der Waals surface area contributed by atoms with Gasteiger partial charge < -0.3 is 5.73 Å². The highest BCUT2D eigenvalue weighted by Crippen LogP contribution is 2.21. The molecule has 2 N–H and O–H groups in total. The lowest BCUT2D eigenvalue weighted by Gasteiger charge is -2.02. The van der Waals surface area contributed by atoms with Gasteiger partial charge in [-0.15, -0.1) is 0 Å². The van der Waals surface area contributed by atoms with Gasteiger partial charge in [0.15, 0.2) is 0 Å². The summed E-state index contributed by atoms with van der Waals surface area (Å²) in [7, 11) is 0. The molecule has 0 aliphatic rings. The summed E-state index contributed by atoms with van der Waals surface area (Å²) in [5.74, 6) is -0.234. The van der Waals surface area contributed by atoms with Gasteiger partial charge in [0.05, 0.1) is 4.47 Å². The van der Waals surface area contributed by atoms with Crippen molar-refractivity contribution in [2.75, 3.05) is 6.54 Å². The van der Waals surface area contributed by atoms with Crippen LogP contribution in [0.2, 0.25) is 0 Å². The van der Waals surface area contributed by atoms with E-state index >= 15 is 0 Å². The second-order valence-corrected chi connectivity index (χ2v) is 3.62. The van der Waals surface area contributed by atoms with Gasteiger partial charge in [-0.05, 0) is 46.1 Å². The van der Waals surface area contributed by atoms with Gasteiger partial charge in [0.2, 0.25) is 0 Å². The molecule has 70 valence electrons. The Kier molecular flexibility index (Phi) is 3.63. The Morgan fingerprint density at radius 3 is 2.85 bits per heavy atom. The molecule has 0 unspecified atom stereocenters. The molecule has 0 atom stereocenters. The van der Waals surface area contributed by atoms with Crippen LogP contribution in [0.1, 0.15) is 11.1 Å². The van der Waals surface area contributed by atoms with Crippen LogP contribution in [0.15, 0.2) is 22.7 Å². The second kappa shape index (κ2) is 4.53. The molecule has 0 saturated carbocycles. The van der Waals surface area contributed by atoms with Crippen LogP contribution in [-0.4, -0.2) is 6.54 Å². The zero-order valence-corrected chi connectivity index (χ0v) is 8.94. The van der Waals surface area contributed by atoms with E-state index in [-0.39, 0.29) is 5.82 Å². The fourth-order valence-electron chi connectivity index (χ4n) is 1.04. The number of rotatable bonds is 2. The Labute approximate surface area is 85.6 Å². The van der Waals surface area contributed by atoms with E-state index in [1.54, 1.807) is 6.07 Å². The third-order valence-electron chi connectivity index (χ3n) is 1.74. The fraction of sp³-hybridized carbons (Fsp3) is 0.200. The molecule has 0 aliphatic heterocycles. The number of nitrogens with two attached hydrogens (primary N) is 1. The van der Waals surface area contributed by atoms with Crippen LogP contribution < -0.4 is 5.73 Å². The largest absolute Gasteiger partial charge is 0.327 e. The molecular weight excluding hydrogens is 233 g/mol. The van der Waals surface area contributed by atoms with Gasteiger partial charge in [0.1, 0.15) is 5.82 Å². The summed E-state index contributed by atoms with van der Waals surface area (Å²) in [6.07, 6.45) is 3.73. The highest BCUT2D eigenvalue weighted by atomic mass is 79.9. The number of halogens is 2. The van der Waals surface area contributed by atoms with Crippen LogP contribution in [0.3, 0.4) is 0 Å². The van der Waals surface area contributed by atoms with E-state index in [0.717, 1.165) is 11.1 Å². The molecule has 0 amide bonds. The van der Waals surface area contributed by atoms with Crippen LogP contribution in [0, 0.1) is 12.7 Å². The molecule has 0 aromatic heterocycles. The molecule has 0 radical (unpaired) electrons. The minimum atomic E-state index is -0.234. The highest BCUT2D eigenvalue weighted by molar-refractivity contribution is 9.10. The maximum absolute atomic E-state index is 13.0. The van der Waals surface area contributed by atoms with Crippen molar-refractivity contribution in [1.82, 2.24) is 0 Å². The second-order valence-electron chi connectivity index (χ2n) is 2.76. The van der Waals surface area contributed by atoms with E-state index in [0.29, 0.717) is 11.0 Å². The molecule has 1 aromatic carbocycles. The smallest absolute Gasteiger partial charge is 0.137 e. The Morgan fingerprint density at radius 2 is 2.23 bits per heavy atom. The first-order valence-electron chi connectivity index (χ1n) is 3.97. The number of hydrogen-bond donors (Lipinski definition) is 1. The zero-order chi connectivity index (χ0) is 9.84. The van der Waals surface area contributed by atoms with Crippen LogP contribution in [0.5, 0.6) is 0 Å². The van der Waals surface area contributed by atoms with Gasteiger partial charge >= 0.3 is 0 Å². The van der Waals surface area contributed by atoms with Crippen molar-refractivity contribution in [2.24, 2.45) is 5.73 Å². The number of hydrogen-bond acceptors (Lipinski definition) is 1. The maximum Gasteiger partial charge on any atom is 0.137 e. The topological polar surface area (TPSA) is 26.0 Å². The summed E-state index contributed by atoms with van der Waals surface area (Å²) < 4.78 is 13.5. The standard InChI is InChI=1S/C10H11BrFN/c1-7-5-10(12)9(11)6-8(7)3-2-4-13/h2-3,5-6H,4,13H2,1H3/b3-2+. The first kappa shape index (κ1) is 10.4. The Hall–Kier alpha value is -0.670. The van der Waals surface area contributed by atoms with Crippen LogP contribution in [0.4, 0.5) is 4.39 Å². The van der Waals surface area contributed by atoms with E-state index in [9.17, 15) is 4.39 Å². The van der Waals surface area contributed by atoms with Crippen molar-refractivity contribution in [3.63, 3.8) is 0 Å². The molecule has 3 heteroatoms. The fourth-order valence-corrected chi connectivity index (χ4v) is 1.40. The zero-order valence-electron chi connectivity index (χ0n) is 7.35. The minimum absolute atomic E-state index is 0.234. The molecule has 1 rings (SSSR count). The Balaban J connectivity index is 3.08. The quantitative estimate of drug-likeness (QED) is 0.850. The third kappa shape index (κ3) is 2.64. The highest BCUT2D eigenvalue weighted by Gasteiger charge is 2.01. The van der Waals surface area contributed by atoms with Crippen LogP contribution >= 0.6 is 15.9 Å². The van der Waals surface area contributed by atoms with Crippen molar-refractivity contribution >= 4 is 22.0 Å². The van der Waals surface area contributed by atoms with Crippen molar-refractivity contribution in [2.45, 2.75) is 6.92 Å². The van der Waals surface area contributed by atoms with Gasteiger partial charge in [-0.25, -0.2) is 4.39 Å². The summed E-state index contributed by atoms with van der Waals surface area (Å²) in [5.41, 5.74) is 7.21. The molecule has 1 nitrogen and oxygen atoms in total. The first-order valence-corrected chi connectivity index (χ1v) is 4.76. The van der Waals surface area contributed by atoms with Crippen molar-refractivity contribution < 1.29 is 4.39 Å². The summed E-state index contributed by atoms with van der Waals surface area (Å²) in [5, 5.41) is 0. The molecular formula is C10H11BrFN. The minimum Gasteiger partial charge on any atom is -0.327 e. The normalized spacial score (nSPS) is 11.1. The number of benzene rings is 1. The molecule has 1 aromatic rings. The summed E-state index contributed by atoms with van der Waals surface area (Å²) in [4.78, 5) is 0. The van der Waals surface area contributed by atoms with E-state index in [1.165, 1.54) is 6.07 Å². The lowest BCUT2D eigenvalue weighted by molar-refractivity contribution is 0.620.